The molecule has 2 N–H and O–H groups in total. The zero-order valence-electron chi connectivity index (χ0n) is 12.4. The Bertz CT molecular complexity index is 672. The van der Waals surface area contributed by atoms with Crippen LogP contribution in [0.3, 0.4) is 0 Å². The number of nitrogens with zero attached hydrogens (tertiary/aromatic N) is 3. The van der Waals surface area contributed by atoms with E-state index in [1.807, 2.05) is 0 Å². The lowest BCUT2D eigenvalue weighted by atomic mass is 10.2. The summed E-state index contributed by atoms with van der Waals surface area (Å²) in [5, 5.41) is 13.3. The van der Waals surface area contributed by atoms with Crippen molar-refractivity contribution in [3.05, 3.63) is 35.7 Å². The number of amides is 1. The fourth-order valence-corrected chi connectivity index (χ4v) is 1.72. The van der Waals surface area contributed by atoms with Gasteiger partial charge in [0.05, 0.1) is 11.9 Å². The standard InChI is InChI=1S/C14H16ClN5O2/c1-14(2,3)22-13(21)19-12-7-9(4-5-16-12)18-10-6-11(15)20-17-8-10/h4-8H,1-3H3,(H2,16,18,19,20,21). The Labute approximate surface area is 133 Å². The van der Waals surface area contributed by atoms with E-state index in [0.717, 1.165) is 0 Å². The highest BCUT2D eigenvalue weighted by atomic mass is 35.5. The van der Waals surface area contributed by atoms with Gasteiger partial charge in [-0.3, -0.25) is 5.32 Å². The first-order chi connectivity index (χ1) is 10.3. The van der Waals surface area contributed by atoms with Gasteiger partial charge in [-0.25, -0.2) is 9.78 Å². The maximum absolute atomic E-state index is 11.7. The van der Waals surface area contributed by atoms with Crippen LogP contribution in [-0.2, 0) is 4.74 Å². The number of rotatable bonds is 3. The molecule has 0 aliphatic heterocycles. The van der Waals surface area contributed by atoms with Gasteiger partial charge in [0, 0.05) is 24.0 Å². The average Bonchev–Trinajstić information content (AvgIpc) is 2.36. The van der Waals surface area contributed by atoms with Gasteiger partial charge in [0.25, 0.3) is 0 Å². The van der Waals surface area contributed by atoms with E-state index in [1.165, 1.54) is 6.20 Å². The molecule has 0 unspecified atom stereocenters. The summed E-state index contributed by atoms with van der Waals surface area (Å²) in [6, 6.07) is 5.04. The number of hydrogen-bond acceptors (Lipinski definition) is 6. The Morgan fingerprint density at radius 2 is 2.05 bits per heavy atom. The van der Waals surface area contributed by atoms with Crippen LogP contribution >= 0.6 is 11.6 Å². The van der Waals surface area contributed by atoms with E-state index in [4.69, 9.17) is 16.3 Å². The van der Waals surface area contributed by atoms with Crippen LogP contribution in [0.2, 0.25) is 5.15 Å². The Hall–Kier alpha value is -2.41. The summed E-state index contributed by atoms with van der Waals surface area (Å²) in [6.45, 7) is 5.37. The third-order valence-electron chi connectivity index (χ3n) is 2.30. The lowest BCUT2D eigenvalue weighted by molar-refractivity contribution is 0.0635. The van der Waals surface area contributed by atoms with Gasteiger partial charge in [0.15, 0.2) is 5.15 Å². The fourth-order valence-electron chi connectivity index (χ4n) is 1.56. The largest absolute Gasteiger partial charge is 0.444 e. The third-order valence-corrected chi connectivity index (χ3v) is 2.49. The van der Waals surface area contributed by atoms with Gasteiger partial charge in [-0.1, -0.05) is 11.6 Å². The predicted octanol–water partition coefficient (Wildman–Crippen LogP) is 3.62. The zero-order chi connectivity index (χ0) is 16.2. The molecule has 116 valence electrons. The van der Waals surface area contributed by atoms with E-state index < -0.39 is 11.7 Å². The summed E-state index contributed by atoms with van der Waals surface area (Å²) < 4.78 is 5.17. The van der Waals surface area contributed by atoms with Crippen LogP contribution in [0.5, 0.6) is 0 Å². The molecule has 0 fully saturated rings. The minimum absolute atomic E-state index is 0.283. The predicted molar refractivity (Wildman–Crippen MR) is 84.4 cm³/mol. The molecule has 0 radical (unpaired) electrons. The highest BCUT2D eigenvalue weighted by Gasteiger charge is 2.16. The monoisotopic (exact) mass is 321 g/mol. The second-order valence-electron chi connectivity index (χ2n) is 5.45. The molecule has 2 rings (SSSR count). The van der Waals surface area contributed by atoms with Crippen molar-refractivity contribution in [3.63, 3.8) is 0 Å². The molecule has 0 atom stereocenters. The number of carbonyl (C=O) groups excluding carboxylic acids is 1. The van der Waals surface area contributed by atoms with Gasteiger partial charge in [0.1, 0.15) is 11.4 Å². The molecular formula is C14H16ClN5O2. The van der Waals surface area contributed by atoms with Gasteiger partial charge in [0.2, 0.25) is 0 Å². The van der Waals surface area contributed by atoms with Crippen molar-refractivity contribution < 1.29 is 9.53 Å². The lowest BCUT2D eigenvalue weighted by Crippen LogP contribution is -2.27. The van der Waals surface area contributed by atoms with E-state index in [-0.39, 0.29) is 5.15 Å². The second-order valence-corrected chi connectivity index (χ2v) is 5.84. The number of ether oxygens (including phenoxy) is 1. The lowest BCUT2D eigenvalue weighted by Gasteiger charge is -2.19. The van der Waals surface area contributed by atoms with Crippen LogP contribution < -0.4 is 10.6 Å². The van der Waals surface area contributed by atoms with Gasteiger partial charge < -0.3 is 10.1 Å². The Kier molecular flexibility index (Phi) is 4.77. The molecule has 2 aromatic rings. The Morgan fingerprint density at radius 1 is 1.27 bits per heavy atom. The minimum Gasteiger partial charge on any atom is -0.444 e. The zero-order valence-corrected chi connectivity index (χ0v) is 13.2. The number of hydrogen-bond donors (Lipinski definition) is 2. The number of anilines is 3. The molecule has 8 heteroatoms. The molecule has 0 spiro atoms. The molecule has 0 aromatic carbocycles. The quantitative estimate of drug-likeness (QED) is 0.897. The normalized spacial score (nSPS) is 10.9. The SMILES string of the molecule is CC(C)(C)OC(=O)Nc1cc(Nc2cnnc(Cl)c2)ccn1. The molecule has 2 heterocycles. The molecule has 7 nitrogen and oxygen atoms in total. The smallest absolute Gasteiger partial charge is 0.413 e. The van der Waals surface area contributed by atoms with Crippen molar-refractivity contribution in [2.45, 2.75) is 26.4 Å². The average molecular weight is 322 g/mol. The highest BCUT2D eigenvalue weighted by Crippen LogP contribution is 2.19. The molecule has 0 saturated carbocycles. The summed E-state index contributed by atoms with van der Waals surface area (Å²) in [5.41, 5.74) is 0.818. The molecule has 0 aliphatic rings. The van der Waals surface area contributed by atoms with E-state index in [0.29, 0.717) is 17.2 Å². The molecular weight excluding hydrogens is 306 g/mol. The molecule has 0 saturated heterocycles. The fraction of sp³-hybridized carbons (Fsp3) is 0.286. The number of pyridine rings is 1. The van der Waals surface area contributed by atoms with Gasteiger partial charge in [-0.15, -0.1) is 5.10 Å². The topological polar surface area (TPSA) is 89.0 Å². The highest BCUT2D eigenvalue weighted by molar-refractivity contribution is 6.29. The first-order valence-electron chi connectivity index (χ1n) is 6.53. The molecule has 22 heavy (non-hydrogen) atoms. The number of carbonyl (C=O) groups is 1. The van der Waals surface area contributed by atoms with E-state index in [2.05, 4.69) is 25.8 Å². The van der Waals surface area contributed by atoms with Crippen molar-refractivity contribution >= 4 is 34.9 Å². The first-order valence-corrected chi connectivity index (χ1v) is 6.91. The van der Waals surface area contributed by atoms with Crippen molar-refractivity contribution in [2.24, 2.45) is 0 Å². The van der Waals surface area contributed by atoms with E-state index in [9.17, 15) is 4.79 Å². The molecule has 0 bridgehead atoms. The second kappa shape index (κ2) is 6.57. The molecule has 1 amide bonds. The van der Waals surface area contributed by atoms with Crippen LogP contribution in [0.25, 0.3) is 0 Å². The summed E-state index contributed by atoms with van der Waals surface area (Å²) in [5.74, 6) is 0.368. The van der Waals surface area contributed by atoms with Crippen LogP contribution in [0.4, 0.5) is 22.0 Å². The first kappa shape index (κ1) is 16.0. The maximum atomic E-state index is 11.7. The number of nitrogens with one attached hydrogen (secondary N) is 2. The minimum atomic E-state index is -0.570. The molecule has 0 aliphatic carbocycles. The number of aromatic nitrogens is 3. The van der Waals surface area contributed by atoms with Crippen LogP contribution in [-0.4, -0.2) is 26.9 Å². The van der Waals surface area contributed by atoms with E-state index >= 15 is 0 Å². The van der Waals surface area contributed by atoms with Gasteiger partial charge >= 0.3 is 6.09 Å². The van der Waals surface area contributed by atoms with Crippen molar-refractivity contribution in [1.82, 2.24) is 15.2 Å². The van der Waals surface area contributed by atoms with Crippen LogP contribution in [0.1, 0.15) is 20.8 Å². The van der Waals surface area contributed by atoms with Crippen molar-refractivity contribution in [1.29, 1.82) is 0 Å². The van der Waals surface area contributed by atoms with Crippen LogP contribution in [0, 0.1) is 0 Å². The molecule has 2 aromatic heterocycles. The number of halogens is 1. The summed E-state index contributed by atoms with van der Waals surface area (Å²) in [4.78, 5) is 15.8. The van der Waals surface area contributed by atoms with Crippen LogP contribution in [0.15, 0.2) is 30.6 Å². The van der Waals surface area contributed by atoms with Gasteiger partial charge in [-0.2, -0.15) is 5.10 Å². The van der Waals surface area contributed by atoms with Gasteiger partial charge in [-0.05, 0) is 26.8 Å². The van der Waals surface area contributed by atoms with Crippen molar-refractivity contribution in [3.8, 4) is 0 Å². The summed E-state index contributed by atoms with van der Waals surface area (Å²) in [6.07, 6.45) is 2.53. The summed E-state index contributed by atoms with van der Waals surface area (Å²) in [7, 11) is 0. The van der Waals surface area contributed by atoms with Crippen molar-refractivity contribution in [2.75, 3.05) is 10.6 Å². The summed E-state index contributed by atoms with van der Waals surface area (Å²) >= 11 is 5.77. The maximum Gasteiger partial charge on any atom is 0.413 e. The Morgan fingerprint density at radius 3 is 2.73 bits per heavy atom. The third kappa shape index (κ3) is 5.17. The van der Waals surface area contributed by atoms with E-state index in [1.54, 1.807) is 45.2 Å². The Balaban J connectivity index is 2.05.